The average molecular weight is 220 g/mol. The molecule has 0 spiro atoms. The number of hydrogen-bond acceptors (Lipinski definition) is 1. The SMILES string of the molecule is c1ccc2c(c1)Cc1[nH]c3ccccc3c1N2. The monoisotopic (exact) mass is 220 g/mol. The van der Waals surface area contributed by atoms with Crippen LogP contribution in [0.25, 0.3) is 10.9 Å². The van der Waals surface area contributed by atoms with E-state index in [1.807, 2.05) is 0 Å². The van der Waals surface area contributed by atoms with E-state index in [-0.39, 0.29) is 0 Å². The van der Waals surface area contributed by atoms with Crippen molar-refractivity contribution in [3.63, 3.8) is 0 Å². The van der Waals surface area contributed by atoms with Gasteiger partial charge in [0.05, 0.1) is 5.69 Å². The Kier molecular flexibility index (Phi) is 1.64. The van der Waals surface area contributed by atoms with E-state index in [9.17, 15) is 0 Å². The molecule has 0 saturated carbocycles. The van der Waals surface area contributed by atoms with Crippen molar-refractivity contribution in [2.75, 3.05) is 5.32 Å². The summed E-state index contributed by atoms with van der Waals surface area (Å²) in [4.78, 5) is 3.49. The van der Waals surface area contributed by atoms with Gasteiger partial charge in [-0.05, 0) is 17.7 Å². The molecular formula is C15H12N2. The third-order valence-electron chi connectivity index (χ3n) is 3.43. The molecule has 2 N–H and O–H groups in total. The fraction of sp³-hybridized carbons (Fsp3) is 0.0667. The number of benzene rings is 2. The summed E-state index contributed by atoms with van der Waals surface area (Å²) in [6.45, 7) is 0. The highest BCUT2D eigenvalue weighted by Gasteiger charge is 2.18. The standard InChI is InChI=1S/C15H12N2/c1-3-7-12-10(5-1)9-14-15(17-12)11-6-2-4-8-13(11)16-14/h1-8,16-17H,9H2. The van der Waals surface area contributed by atoms with Crippen molar-refractivity contribution in [2.45, 2.75) is 6.42 Å². The van der Waals surface area contributed by atoms with Gasteiger partial charge in [0.25, 0.3) is 0 Å². The molecule has 82 valence electrons. The number of rotatable bonds is 0. The van der Waals surface area contributed by atoms with E-state index in [0.717, 1.165) is 6.42 Å². The summed E-state index contributed by atoms with van der Waals surface area (Å²) in [5.41, 5.74) is 6.30. The van der Waals surface area contributed by atoms with E-state index < -0.39 is 0 Å². The maximum atomic E-state index is 3.53. The second kappa shape index (κ2) is 3.14. The van der Waals surface area contributed by atoms with Crippen LogP contribution in [0.5, 0.6) is 0 Å². The van der Waals surface area contributed by atoms with Gasteiger partial charge < -0.3 is 10.3 Å². The van der Waals surface area contributed by atoms with Gasteiger partial charge in [-0.2, -0.15) is 0 Å². The van der Waals surface area contributed by atoms with Gasteiger partial charge in [0.2, 0.25) is 0 Å². The predicted octanol–water partition coefficient (Wildman–Crippen LogP) is 3.82. The largest absolute Gasteiger partial charge is 0.356 e. The minimum Gasteiger partial charge on any atom is -0.356 e. The maximum Gasteiger partial charge on any atom is 0.0678 e. The zero-order valence-electron chi connectivity index (χ0n) is 9.33. The second-order valence-corrected chi connectivity index (χ2v) is 4.48. The van der Waals surface area contributed by atoms with E-state index in [0.29, 0.717) is 0 Å². The zero-order valence-corrected chi connectivity index (χ0v) is 9.33. The van der Waals surface area contributed by atoms with Gasteiger partial charge in [0.15, 0.2) is 0 Å². The molecule has 3 aromatic rings. The molecule has 0 unspecified atom stereocenters. The molecule has 2 heteroatoms. The average Bonchev–Trinajstić information content (AvgIpc) is 2.73. The van der Waals surface area contributed by atoms with Crippen molar-refractivity contribution >= 4 is 22.3 Å². The van der Waals surface area contributed by atoms with E-state index in [2.05, 4.69) is 58.8 Å². The van der Waals surface area contributed by atoms with Crippen molar-refractivity contribution in [1.29, 1.82) is 0 Å². The first kappa shape index (κ1) is 8.88. The lowest BCUT2D eigenvalue weighted by Gasteiger charge is -2.18. The molecule has 0 aliphatic carbocycles. The van der Waals surface area contributed by atoms with Gasteiger partial charge in [0, 0.05) is 28.7 Å². The lowest BCUT2D eigenvalue weighted by molar-refractivity contribution is 1.10. The van der Waals surface area contributed by atoms with E-state index in [4.69, 9.17) is 0 Å². The minimum absolute atomic E-state index is 0.979. The highest BCUT2D eigenvalue weighted by atomic mass is 14.9. The van der Waals surface area contributed by atoms with Crippen molar-refractivity contribution in [2.24, 2.45) is 0 Å². The number of aromatic amines is 1. The molecule has 2 heterocycles. The number of H-pyrrole nitrogens is 1. The van der Waals surface area contributed by atoms with Crippen LogP contribution in [0.1, 0.15) is 11.3 Å². The number of aromatic nitrogens is 1. The summed E-state index contributed by atoms with van der Waals surface area (Å²) >= 11 is 0. The lowest BCUT2D eigenvalue weighted by Crippen LogP contribution is -2.05. The van der Waals surface area contributed by atoms with Crippen LogP contribution in [0.4, 0.5) is 11.4 Å². The van der Waals surface area contributed by atoms with Gasteiger partial charge in [-0.1, -0.05) is 36.4 Å². The molecule has 0 saturated heterocycles. The Labute approximate surface area is 99.3 Å². The smallest absolute Gasteiger partial charge is 0.0678 e. The number of hydrogen-bond donors (Lipinski definition) is 2. The zero-order chi connectivity index (χ0) is 11.2. The third kappa shape index (κ3) is 1.21. The molecule has 0 bridgehead atoms. The first-order valence-corrected chi connectivity index (χ1v) is 5.86. The Morgan fingerprint density at radius 2 is 1.71 bits per heavy atom. The van der Waals surface area contributed by atoms with Crippen LogP contribution in [0, 0.1) is 0 Å². The van der Waals surface area contributed by atoms with E-state index in [1.165, 1.54) is 33.5 Å². The fourth-order valence-corrected chi connectivity index (χ4v) is 2.59. The van der Waals surface area contributed by atoms with E-state index >= 15 is 0 Å². The summed E-state index contributed by atoms with van der Waals surface area (Å²) in [5.74, 6) is 0. The van der Waals surface area contributed by atoms with Crippen LogP contribution >= 0.6 is 0 Å². The van der Waals surface area contributed by atoms with Gasteiger partial charge in [-0.15, -0.1) is 0 Å². The van der Waals surface area contributed by atoms with Gasteiger partial charge >= 0.3 is 0 Å². The number of anilines is 2. The number of nitrogens with one attached hydrogen (secondary N) is 2. The second-order valence-electron chi connectivity index (χ2n) is 4.48. The fourth-order valence-electron chi connectivity index (χ4n) is 2.59. The van der Waals surface area contributed by atoms with Crippen LogP contribution < -0.4 is 5.32 Å². The molecule has 0 radical (unpaired) electrons. The van der Waals surface area contributed by atoms with Gasteiger partial charge in [-0.3, -0.25) is 0 Å². The number of para-hydroxylation sites is 2. The summed E-state index contributed by atoms with van der Waals surface area (Å²) < 4.78 is 0. The van der Waals surface area contributed by atoms with Crippen LogP contribution in [-0.2, 0) is 6.42 Å². The van der Waals surface area contributed by atoms with Crippen molar-refractivity contribution in [3.05, 3.63) is 59.8 Å². The van der Waals surface area contributed by atoms with Gasteiger partial charge in [-0.25, -0.2) is 0 Å². The highest BCUT2D eigenvalue weighted by molar-refractivity contribution is 5.97. The van der Waals surface area contributed by atoms with Crippen molar-refractivity contribution in [3.8, 4) is 0 Å². The van der Waals surface area contributed by atoms with Crippen molar-refractivity contribution in [1.82, 2.24) is 4.98 Å². The molecule has 2 nitrogen and oxygen atoms in total. The lowest BCUT2D eigenvalue weighted by atomic mass is 10.0. The summed E-state index contributed by atoms with van der Waals surface area (Å²) in [5, 5.41) is 4.81. The van der Waals surface area contributed by atoms with Crippen molar-refractivity contribution < 1.29 is 0 Å². The Morgan fingerprint density at radius 3 is 2.71 bits per heavy atom. The van der Waals surface area contributed by atoms with E-state index in [1.54, 1.807) is 0 Å². The molecule has 0 atom stereocenters. The maximum absolute atomic E-state index is 3.53. The van der Waals surface area contributed by atoms with Gasteiger partial charge in [0.1, 0.15) is 0 Å². The molecule has 17 heavy (non-hydrogen) atoms. The first-order valence-electron chi connectivity index (χ1n) is 5.86. The summed E-state index contributed by atoms with van der Waals surface area (Å²) in [6.07, 6.45) is 0.979. The quantitative estimate of drug-likeness (QED) is 0.463. The molecular weight excluding hydrogens is 208 g/mol. The van der Waals surface area contributed by atoms with Crippen LogP contribution in [0.15, 0.2) is 48.5 Å². The molecule has 1 aliphatic heterocycles. The van der Waals surface area contributed by atoms with Crippen LogP contribution in [0.2, 0.25) is 0 Å². The Balaban J connectivity index is 1.97. The molecule has 0 fully saturated rings. The molecule has 0 amide bonds. The minimum atomic E-state index is 0.979. The predicted molar refractivity (Wildman–Crippen MR) is 70.8 cm³/mol. The highest BCUT2D eigenvalue weighted by Crippen LogP contribution is 2.37. The summed E-state index contributed by atoms with van der Waals surface area (Å²) in [6, 6.07) is 16.9. The molecule has 1 aromatic heterocycles. The number of fused-ring (bicyclic) bond motifs is 4. The summed E-state index contributed by atoms with van der Waals surface area (Å²) in [7, 11) is 0. The Bertz CT molecular complexity index is 710. The Morgan fingerprint density at radius 1 is 0.882 bits per heavy atom. The molecule has 2 aromatic carbocycles. The van der Waals surface area contributed by atoms with Crippen LogP contribution in [-0.4, -0.2) is 4.98 Å². The molecule has 4 rings (SSSR count). The van der Waals surface area contributed by atoms with Crippen LogP contribution in [0.3, 0.4) is 0 Å². The first-order chi connectivity index (χ1) is 8.42. The third-order valence-corrected chi connectivity index (χ3v) is 3.43. The molecule has 1 aliphatic rings. The topological polar surface area (TPSA) is 27.8 Å². The normalized spacial score (nSPS) is 12.9. The Hall–Kier alpha value is -2.22.